The molecule has 2 aromatic rings. The normalized spacial score (nSPS) is 12.4. The van der Waals surface area contributed by atoms with E-state index in [-0.39, 0.29) is 0 Å². The molecule has 1 atom stereocenters. The van der Waals surface area contributed by atoms with Gasteiger partial charge in [0, 0.05) is 11.4 Å². The van der Waals surface area contributed by atoms with Crippen molar-refractivity contribution in [3.8, 4) is 0 Å². The maximum absolute atomic E-state index is 10.1. The molecule has 0 aliphatic rings. The van der Waals surface area contributed by atoms with Crippen molar-refractivity contribution in [3.05, 3.63) is 70.2 Å². The molecule has 0 radical (unpaired) electrons. The van der Waals surface area contributed by atoms with Gasteiger partial charge < -0.3 is 5.11 Å². The lowest BCUT2D eigenvalue weighted by Gasteiger charge is -2.12. The molecule has 0 amide bonds. The Morgan fingerprint density at radius 2 is 1.71 bits per heavy atom. The minimum Gasteiger partial charge on any atom is -0.388 e. The van der Waals surface area contributed by atoms with Gasteiger partial charge in [0.1, 0.15) is 0 Å². The van der Waals surface area contributed by atoms with E-state index in [0.29, 0.717) is 11.4 Å². The summed E-state index contributed by atoms with van der Waals surface area (Å²) in [6.45, 7) is 2.05. The third kappa shape index (κ3) is 3.09. The first-order valence-electron chi connectivity index (χ1n) is 5.65. The fourth-order valence-corrected chi connectivity index (χ4v) is 2.06. The summed E-state index contributed by atoms with van der Waals surface area (Å²) in [7, 11) is 0. The van der Waals surface area contributed by atoms with Gasteiger partial charge in [-0.05, 0) is 24.1 Å². The van der Waals surface area contributed by atoms with E-state index >= 15 is 0 Å². The summed E-state index contributed by atoms with van der Waals surface area (Å²) in [6, 6.07) is 15.6. The van der Waals surface area contributed by atoms with Crippen molar-refractivity contribution in [2.75, 3.05) is 0 Å². The second kappa shape index (κ2) is 5.35. The molecular weight excluding hydrogens is 232 g/mol. The monoisotopic (exact) mass is 246 g/mol. The van der Waals surface area contributed by atoms with Crippen LogP contribution in [0.3, 0.4) is 0 Å². The summed E-state index contributed by atoms with van der Waals surface area (Å²) in [5.74, 6) is 0. The third-order valence-electron chi connectivity index (χ3n) is 2.81. The topological polar surface area (TPSA) is 20.2 Å². The standard InChI is InChI=1S/C15H15ClO/c1-11-6-8-12(9-7-11)10-15(17)13-4-2-3-5-14(13)16/h2-9,15,17H,10H2,1H3. The zero-order valence-corrected chi connectivity index (χ0v) is 10.5. The molecule has 2 rings (SSSR count). The molecule has 0 fully saturated rings. The van der Waals surface area contributed by atoms with Gasteiger partial charge in [-0.15, -0.1) is 0 Å². The van der Waals surface area contributed by atoms with Gasteiger partial charge in [-0.2, -0.15) is 0 Å². The maximum atomic E-state index is 10.1. The summed E-state index contributed by atoms with van der Waals surface area (Å²) in [5.41, 5.74) is 3.12. The van der Waals surface area contributed by atoms with Crippen LogP contribution in [0.2, 0.25) is 5.02 Å². The highest BCUT2D eigenvalue weighted by molar-refractivity contribution is 6.31. The predicted molar refractivity (Wildman–Crippen MR) is 71.3 cm³/mol. The number of aryl methyl sites for hydroxylation is 1. The highest BCUT2D eigenvalue weighted by atomic mass is 35.5. The Balaban J connectivity index is 2.14. The Labute approximate surface area is 107 Å². The molecule has 0 heterocycles. The molecule has 2 aromatic carbocycles. The number of aliphatic hydroxyl groups excluding tert-OH is 1. The van der Waals surface area contributed by atoms with Crippen LogP contribution in [0, 0.1) is 6.92 Å². The largest absolute Gasteiger partial charge is 0.388 e. The molecule has 0 aliphatic carbocycles. The summed E-state index contributed by atoms with van der Waals surface area (Å²) in [4.78, 5) is 0. The van der Waals surface area contributed by atoms with E-state index in [1.807, 2.05) is 37.3 Å². The van der Waals surface area contributed by atoms with Gasteiger partial charge in [-0.25, -0.2) is 0 Å². The van der Waals surface area contributed by atoms with Gasteiger partial charge in [0.25, 0.3) is 0 Å². The van der Waals surface area contributed by atoms with Gasteiger partial charge in [0.2, 0.25) is 0 Å². The molecule has 1 nitrogen and oxygen atoms in total. The van der Waals surface area contributed by atoms with E-state index in [1.54, 1.807) is 6.07 Å². The van der Waals surface area contributed by atoms with Crippen molar-refractivity contribution in [3.63, 3.8) is 0 Å². The maximum Gasteiger partial charge on any atom is 0.0844 e. The predicted octanol–water partition coefficient (Wildman–Crippen LogP) is 3.92. The van der Waals surface area contributed by atoms with Crippen molar-refractivity contribution in [1.82, 2.24) is 0 Å². The molecule has 0 saturated carbocycles. The SMILES string of the molecule is Cc1ccc(CC(O)c2ccccc2Cl)cc1. The van der Waals surface area contributed by atoms with E-state index in [4.69, 9.17) is 11.6 Å². The Morgan fingerprint density at radius 3 is 2.35 bits per heavy atom. The van der Waals surface area contributed by atoms with E-state index in [9.17, 15) is 5.11 Å². The highest BCUT2D eigenvalue weighted by Gasteiger charge is 2.11. The Morgan fingerprint density at radius 1 is 1.06 bits per heavy atom. The fraction of sp³-hybridized carbons (Fsp3) is 0.200. The number of hydrogen-bond acceptors (Lipinski definition) is 1. The molecule has 0 aliphatic heterocycles. The number of aliphatic hydroxyl groups is 1. The lowest BCUT2D eigenvalue weighted by Crippen LogP contribution is -2.02. The Hall–Kier alpha value is -1.31. The van der Waals surface area contributed by atoms with Crippen molar-refractivity contribution in [1.29, 1.82) is 0 Å². The van der Waals surface area contributed by atoms with E-state index < -0.39 is 6.10 Å². The summed E-state index contributed by atoms with van der Waals surface area (Å²) >= 11 is 6.05. The first kappa shape index (κ1) is 12.2. The van der Waals surface area contributed by atoms with Crippen LogP contribution in [-0.2, 0) is 6.42 Å². The van der Waals surface area contributed by atoms with Crippen molar-refractivity contribution < 1.29 is 5.11 Å². The fourth-order valence-electron chi connectivity index (χ4n) is 1.80. The van der Waals surface area contributed by atoms with Gasteiger partial charge in [-0.3, -0.25) is 0 Å². The molecule has 1 N–H and O–H groups in total. The van der Waals surface area contributed by atoms with Gasteiger partial charge in [-0.1, -0.05) is 59.6 Å². The average molecular weight is 247 g/mol. The zero-order chi connectivity index (χ0) is 12.3. The second-order valence-electron chi connectivity index (χ2n) is 4.23. The minimum absolute atomic E-state index is 0.550. The van der Waals surface area contributed by atoms with Crippen LogP contribution in [0.5, 0.6) is 0 Å². The number of benzene rings is 2. The van der Waals surface area contributed by atoms with Crippen LogP contribution in [0.15, 0.2) is 48.5 Å². The number of hydrogen-bond donors (Lipinski definition) is 1. The van der Waals surface area contributed by atoms with Crippen LogP contribution in [0.4, 0.5) is 0 Å². The molecule has 0 aromatic heterocycles. The van der Waals surface area contributed by atoms with E-state index in [2.05, 4.69) is 12.1 Å². The molecule has 88 valence electrons. The Kier molecular flexibility index (Phi) is 3.82. The van der Waals surface area contributed by atoms with Crippen LogP contribution in [0.25, 0.3) is 0 Å². The lowest BCUT2D eigenvalue weighted by atomic mass is 10.0. The van der Waals surface area contributed by atoms with Gasteiger partial charge >= 0.3 is 0 Å². The summed E-state index contributed by atoms with van der Waals surface area (Å²) in [6.07, 6.45) is 0.0377. The summed E-state index contributed by atoms with van der Waals surface area (Å²) < 4.78 is 0. The lowest BCUT2D eigenvalue weighted by molar-refractivity contribution is 0.178. The molecule has 0 saturated heterocycles. The molecule has 0 spiro atoms. The smallest absolute Gasteiger partial charge is 0.0844 e. The van der Waals surface area contributed by atoms with Crippen molar-refractivity contribution in [2.45, 2.75) is 19.4 Å². The Bertz CT molecular complexity index is 491. The van der Waals surface area contributed by atoms with Crippen molar-refractivity contribution >= 4 is 11.6 Å². The van der Waals surface area contributed by atoms with E-state index in [0.717, 1.165) is 11.1 Å². The van der Waals surface area contributed by atoms with Gasteiger partial charge in [0.05, 0.1) is 6.10 Å². The first-order chi connectivity index (χ1) is 8.16. The van der Waals surface area contributed by atoms with Gasteiger partial charge in [0.15, 0.2) is 0 Å². The molecule has 1 unspecified atom stereocenters. The van der Waals surface area contributed by atoms with Crippen LogP contribution >= 0.6 is 11.6 Å². The van der Waals surface area contributed by atoms with Crippen LogP contribution in [0.1, 0.15) is 22.8 Å². The summed E-state index contributed by atoms with van der Waals surface area (Å²) in [5, 5.41) is 10.8. The first-order valence-corrected chi connectivity index (χ1v) is 6.02. The highest BCUT2D eigenvalue weighted by Crippen LogP contribution is 2.25. The molecule has 2 heteroatoms. The number of halogens is 1. The van der Waals surface area contributed by atoms with E-state index in [1.165, 1.54) is 5.56 Å². The third-order valence-corrected chi connectivity index (χ3v) is 3.16. The number of rotatable bonds is 3. The molecular formula is C15H15ClO. The quantitative estimate of drug-likeness (QED) is 0.870. The molecule has 0 bridgehead atoms. The van der Waals surface area contributed by atoms with Crippen LogP contribution in [-0.4, -0.2) is 5.11 Å². The van der Waals surface area contributed by atoms with Crippen LogP contribution < -0.4 is 0 Å². The minimum atomic E-state index is -0.550. The average Bonchev–Trinajstić information content (AvgIpc) is 2.32. The second-order valence-corrected chi connectivity index (χ2v) is 4.63. The zero-order valence-electron chi connectivity index (χ0n) is 9.73. The molecule has 17 heavy (non-hydrogen) atoms. The van der Waals surface area contributed by atoms with Crippen molar-refractivity contribution in [2.24, 2.45) is 0 Å².